The number of hydrogen-bond donors (Lipinski definition) is 3. The Balaban J connectivity index is 1.32. The summed E-state index contributed by atoms with van der Waals surface area (Å²) in [4.78, 5) is 105. The van der Waals surface area contributed by atoms with Crippen molar-refractivity contribution in [1.29, 1.82) is 0 Å². The number of Topliss-reactive ketones (excluding diaryl/α,β-unsaturated/α-hetero) is 1. The molecule has 1 amide bonds. The van der Waals surface area contributed by atoms with Crippen molar-refractivity contribution >= 4 is 52.6 Å². The Labute approximate surface area is 433 Å². The predicted molar refractivity (Wildman–Crippen MR) is 265 cm³/mol. The maximum atomic E-state index is 15.8. The van der Waals surface area contributed by atoms with Gasteiger partial charge in [-0.15, -0.1) is 0 Å². The van der Waals surface area contributed by atoms with Gasteiger partial charge in [0.2, 0.25) is 6.10 Å². The first-order valence-electron chi connectivity index (χ1n) is 24.6. The molecule has 11 atom stereocenters. The summed E-state index contributed by atoms with van der Waals surface area (Å²) in [6, 6.07) is 22.5. The number of benzene rings is 3. The average molecular weight is 1040 g/mol. The number of rotatable bonds is 12. The van der Waals surface area contributed by atoms with Gasteiger partial charge in [-0.2, -0.15) is 0 Å². The van der Waals surface area contributed by atoms with E-state index in [1.165, 1.54) is 53.0 Å². The Morgan fingerprint density at radius 3 is 2.09 bits per heavy atom. The highest BCUT2D eigenvalue weighted by atomic mass is 16.6. The summed E-state index contributed by atoms with van der Waals surface area (Å²) < 4.78 is 48.3. The summed E-state index contributed by atoms with van der Waals surface area (Å²) in [6.45, 7) is 12.7. The van der Waals surface area contributed by atoms with Crippen LogP contribution in [-0.2, 0) is 52.3 Å². The molecule has 2 bridgehead atoms. The number of aliphatic hydroxyl groups excluding tert-OH is 1. The number of esters is 5. The number of aromatic nitrogens is 1. The summed E-state index contributed by atoms with van der Waals surface area (Å²) in [6.07, 6.45) is -12.1. The zero-order valence-electron chi connectivity index (χ0n) is 43.4. The average Bonchev–Trinajstić information content (AvgIpc) is 3.35. The minimum atomic E-state index is -2.50. The van der Waals surface area contributed by atoms with E-state index in [9.17, 15) is 34.2 Å². The molecule has 2 heterocycles. The van der Waals surface area contributed by atoms with E-state index in [-0.39, 0.29) is 46.7 Å². The maximum absolute atomic E-state index is 15.8. The van der Waals surface area contributed by atoms with Crippen LogP contribution >= 0.6 is 0 Å². The molecular weight excluding hydrogens is 973 g/mol. The number of nitrogens with one attached hydrogen (secondary N) is 1. The third kappa shape index (κ3) is 9.72. The lowest BCUT2D eigenvalue weighted by atomic mass is 9.44. The number of nitrogens with zero attached hydrogens (tertiary/aromatic N) is 1. The number of para-hydroxylation sites is 1. The summed E-state index contributed by atoms with van der Waals surface area (Å²) in [5.74, 6) is -7.44. The van der Waals surface area contributed by atoms with Crippen molar-refractivity contribution in [3.63, 3.8) is 0 Å². The van der Waals surface area contributed by atoms with Crippen LogP contribution in [0.2, 0.25) is 0 Å². The van der Waals surface area contributed by atoms with Crippen LogP contribution in [0.1, 0.15) is 108 Å². The van der Waals surface area contributed by atoms with Crippen LogP contribution in [0.15, 0.2) is 102 Å². The molecule has 0 radical (unpaired) electrons. The van der Waals surface area contributed by atoms with Crippen molar-refractivity contribution in [2.45, 2.75) is 135 Å². The quantitative estimate of drug-likeness (QED) is 0.0804. The second kappa shape index (κ2) is 20.1. The van der Waals surface area contributed by atoms with Crippen molar-refractivity contribution in [3.8, 4) is 5.75 Å². The molecule has 75 heavy (non-hydrogen) atoms. The van der Waals surface area contributed by atoms with Crippen molar-refractivity contribution in [3.05, 3.63) is 119 Å². The molecule has 8 rings (SSSR count). The first-order valence-corrected chi connectivity index (χ1v) is 24.6. The zero-order valence-corrected chi connectivity index (χ0v) is 43.4. The van der Waals surface area contributed by atoms with E-state index in [1.807, 2.05) is 0 Å². The molecule has 0 spiro atoms. The molecular formula is C56H62N2O17. The van der Waals surface area contributed by atoms with Crippen LogP contribution in [0.4, 0.5) is 4.79 Å². The molecule has 1 saturated heterocycles. The first kappa shape index (κ1) is 54.1. The smallest absolute Gasteiger partial charge is 0.408 e. The number of carbonyl (C=O) groups is 7. The van der Waals surface area contributed by atoms with Gasteiger partial charge in [0.05, 0.1) is 42.2 Å². The van der Waals surface area contributed by atoms with Crippen LogP contribution in [0, 0.1) is 16.7 Å². The van der Waals surface area contributed by atoms with E-state index in [1.54, 1.807) is 93.6 Å². The standard InChI is InChI=1S/C56H62N2O17/c1-29-38(71-50(65)44(42(32-19-13-11-14-20-32)58-51(66)75-52(4,5)6)72-49(64)36-25-37(68-10)34-23-17-18-24-35(34)57-36)27-56(67)47(73-48(63)33-21-15-12-16-22-33)45-54(9,39(61)26-40-55(45,28-69-40)74-31(3)60)46(62)43(70-30(2)59)41(29)53(56,7)8/h11-25,38-40,42-45,47,61,67H,26-28H2,1-10H3,(H,58,66)/t38-,39-,40+,42-,43+,44+,45-,47-,54+,55-,56+/m0/s1. The highest BCUT2D eigenvalue weighted by Crippen LogP contribution is 2.64. The molecule has 398 valence electrons. The van der Waals surface area contributed by atoms with E-state index in [0.717, 1.165) is 13.8 Å². The number of amides is 1. The first-order chi connectivity index (χ1) is 35.3. The Bertz CT molecular complexity index is 2950. The molecule has 4 aromatic rings. The highest BCUT2D eigenvalue weighted by molar-refractivity contribution is 5.97. The van der Waals surface area contributed by atoms with Crippen molar-refractivity contribution < 1.29 is 81.7 Å². The lowest BCUT2D eigenvalue weighted by Crippen LogP contribution is -2.82. The number of methoxy groups -OCH3 is 1. The fourth-order valence-electron chi connectivity index (χ4n) is 11.5. The molecule has 19 heteroatoms. The van der Waals surface area contributed by atoms with Crippen LogP contribution in [0.3, 0.4) is 0 Å². The Morgan fingerprint density at radius 1 is 0.853 bits per heavy atom. The van der Waals surface area contributed by atoms with Crippen molar-refractivity contribution in [1.82, 2.24) is 10.3 Å². The van der Waals surface area contributed by atoms with Crippen LogP contribution < -0.4 is 10.1 Å². The van der Waals surface area contributed by atoms with E-state index in [2.05, 4.69) is 10.3 Å². The monoisotopic (exact) mass is 1030 g/mol. The molecule has 2 saturated carbocycles. The molecule has 0 unspecified atom stereocenters. The van der Waals surface area contributed by atoms with Gasteiger partial charge in [0, 0.05) is 43.6 Å². The van der Waals surface area contributed by atoms with Gasteiger partial charge in [-0.25, -0.2) is 24.2 Å². The minimum absolute atomic E-state index is 0.0319. The summed E-state index contributed by atoms with van der Waals surface area (Å²) in [5, 5.41) is 29.5. The second-order valence-electron chi connectivity index (χ2n) is 21.3. The van der Waals surface area contributed by atoms with E-state index in [4.69, 9.17) is 37.9 Å². The van der Waals surface area contributed by atoms with Crippen LogP contribution in [0.25, 0.3) is 10.9 Å². The molecule has 1 aromatic heterocycles. The van der Waals surface area contributed by atoms with Gasteiger partial charge in [0.15, 0.2) is 23.2 Å². The fourth-order valence-corrected chi connectivity index (χ4v) is 11.5. The SMILES string of the molecule is COc1cc(C(=O)O[C@@H](C(=O)O[C@H]2C[C@@]3(O)[C@@H](OC(=O)c4ccccc4)[C@@H]4[C@]5(OC(C)=O)CO[C@@H]5C[C@H](O)[C@@]4(C)C(=O)[C@H](OC(C)=O)C(=C2C)C3(C)C)[C@@H](NC(=O)OC(C)(C)C)c2ccccc2)nc2ccccc12. The summed E-state index contributed by atoms with van der Waals surface area (Å²) in [7, 11) is 1.40. The Morgan fingerprint density at radius 2 is 1.49 bits per heavy atom. The van der Waals surface area contributed by atoms with Gasteiger partial charge in [-0.05, 0) is 75.6 Å². The number of ketones is 1. The third-order valence-electron chi connectivity index (χ3n) is 15.1. The largest absolute Gasteiger partial charge is 0.496 e. The normalized spacial score (nSPS) is 28.5. The van der Waals surface area contributed by atoms with E-state index < -0.39 is 124 Å². The number of alkyl carbamates (subject to hydrolysis) is 1. The molecule has 3 aromatic carbocycles. The number of fused-ring (bicyclic) bond motifs is 6. The van der Waals surface area contributed by atoms with Crippen molar-refractivity contribution in [2.75, 3.05) is 13.7 Å². The number of hydrogen-bond acceptors (Lipinski definition) is 18. The van der Waals surface area contributed by atoms with Gasteiger partial charge in [0.25, 0.3) is 0 Å². The number of ether oxygens (including phenoxy) is 8. The highest BCUT2D eigenvalue weighted by Gasteiger charge is 2.78. The Hall–Kier alpha value is -7.22. The lowest BCUT2D eigenvalue weighted by molar-refractivity contribution is -0.346. The van der Waals surface area contributed by atoms with Gasteiger partial charge in [0.1, 0.15) is 41.3 Å². The molecule has 4 aliphatic rings. The molecule has 3 N–H and O–H groups in total. The minimum Gasteiger partial charge on any atom is -0.496 e. The van der Waals surface area contributed by atoms with Gasteiger partial charge < -0.3 is 53.4 Å². The Kier molecular flexibility index (Phi) is 14.5. The van der Waals surface area contributed by atoms with E-state index in [0.29, 0.717) is 10.9 Å². The summed E-state index contributed by atoms with van der Waals surface area (Å²) in [5.41, 5.74) is -8.88. The lowest BCUT2D eigenvalue weighted by Gasteiger charge is -2.67. The third-order valence-corrected chi connectivity index (χ3v) is 15.1. The maximum Gasteiger partial charge on any atom is 0.408 e. The van der Waals surface area contributed by atoms with Gasteiger partial charge in [-0.1, -0.05) is 74.5 Å². The van der Waals surface area contributed by atoms with Crippen molar-refractivity contribution in [2.24, 2.45) is 16.7 Å². The van der Waals surface area contributed by atoms with Crippen LogP contribution in [-0.4, -0.2) is 124 Å². The predicted octanol–water partition coefficient (Wildman–Crippen LogP) is 6.25. The fraction of sp³-hybridized carbons (Fsp3) is 0.464. The number of carbonyl (C=O) groups excluding carboxylic acids is 7. The number of aliphatic hydroxyl groups is 2. The van der Waals surface area contributed by atoms with Gasteiger partial charge >= 0.3 is 35.9 Å². The zero-order chi connectivity index (χ0) is 54.6. The van der Waals surface area contributed by atoms with Gasteiger partial charge in [-0.3, -0.25) is 14.4 Å². The molecule has 3 fully saturated rings. The topological polar surface area (TPSA) is 259 Å². The van der Waals surface area contributed by atoms with Crippen LogP contribution in [0.5, 0.6) is 5.75 Å². The molecule has 1 aliphatic heterocycles. The second-order valence-corrected chi connectivity index (χ2v) is 21.3. The number of pyridine rings is 1. The summed E-state index contributed by atoms with van der Waals surface area (Å²) >= 11 is 0. The van der Waals surface area contributed by atoms with E-state index >= 15 is 9.59 Å². The molecule has 3 aliphatic carbocycles. The molecule has 19 nitrogen and oxygen atoms in total.